The molecule has 1 nitrogen and oxygen atoms in total. The molecular formula is C14H19Cl2N. The van der Waals surface area contributed by atoms with Gasteiger partial charge >= 0.3 is 0 Å². The summed E-state index contributed by atoms with van der Waals surface area (Å²) in [5, 5.41) is 5.18. The minimum absolute atomic E-state index is 0.648. The van der Waals surface area contributed by atoms with Crippen LogP contribution in [0.2, 0.25) is 10.0 Å². The van der Waals surface area contributed by atoms with Crippen molar-refractivity contribution in [3.8, 4) is 0 Å². The van der Waals surface area contributed by atoms with Crippen molar-refractivity contribution in [3.05, 3.63) is 33.8 Å². The number of nitrogens with one attached hydrogen (secondary N) is 1. The Hall–Kier alpha value is -0.240. The van der Waals surface area contributed by atoms with Crippen LogP contribution in [0.3, 0.4) is 0 Å². The van der Waals surface area contributed by atoms with E-state index in [9.17, 15) is 0 Å². The summed E-state index contributed by atoms with van der Waals surface area (Å²) in [5.74, 6) is 0.882. The maximum absolute atomic E-state index is 6.17. The number of aryl methyl sites for hydroxylation is 1. The van der Waals surface area contributed by atoms with E-state index in [4.69, 9.17) is 23.2 Å². The van der Waals surface area contributed by atoms with E-state index in [-0.39, 0.29) is 0 Å². The van der Waals surface area contributed by atoms with Gasteiger partial charge in [0.05, 0.1) is 0 Å². The third kappa shape index (κ3) is 3.87. The van der Waals surface area contributed by atoms with Crippen LogP contribution in [0.1, 0.15) is 31.7 Å². The molecule has 1 fully saturated rings. The van der Waals surface area contributed by atoms with Crippen molar-refractivity contribution in [3.63, 3.8) is 0 Å². The summed E-state index contributed by atoms with van der Waals surface area (Å²) in [6.45, 7) is 3.21. The van der Waals surface area contributed by atoms with Crippen LogP contribution in [0.25, 0.3) is 0 Å². The highest BCUT2D eigenvalue weighted by Crippen LogP contribution is 2.35. The van der Waals surface area contributed by atoms with Gasteiger partial charge in [-0.15, -0.1) is 0 Å². The Balaban J connectivity index is 1.93. The van der Waals surface area contributed by atoms with Crippen molar-refractivity contribution < 1.29 is 0 Å². The molecular weight excluding hydrogens is 253 g/mol. The molecule has 0 saturated heterocycles. The van der Waals surface area contributed by atoms with Gasteiger partial charge in [0.15, 0.2) is 0 Å². The fourth-order valence-electron chi connectivity index (χ4n) is 2.31. The Morgan fingerprint density at radius 1 is 1.35 bits per heavy atom. The van der Waals surface area contributed by atoms with Crippen LogP contribution in [0.15, 0.2) is 18.2 Å². The van der Waals surface area contributed by atoms with Crippen molar-refractivity contribution in [2.45, 2.75) is 38.6 Å². The normalized spacial score (nSPS) is 17.1. The summed E-state index contributed by atoms with van der Waals surface area (Å²) < 4.78 is 0. The summed E-state index contributed by atoms with van der Waals surface area (Å²) in [7, 11) is 0. The second-order valence-corrected chi connectivity index (χ2v) is 5.62. The van der Waals surface area contributed by atoms with Gasteiger partial charge in [-0.1, -0.05) is 30.1 Å². The highest BCUT2D eigenvalue weighted by Gasteiger charge is 2.30. The predicted octanol–water partition coefficient (Wildman–Crippen LogP) is 4.31. The molecule has 1 unspecified atom stereocenters. The van der Waals surface area contributed by atoms with E-state index < -0.39 is 0 Å². The average molecular weight is 272 g/mol. The Morgan fingerprint density at radius 2 is 2.12 bits per heavy atom. The largest absolute Gasteiger partial charge is 0.314 e. The zero-order valence-corrected chi connectivity index (χ0v) is 11.7. The predicted molar refractivity (Wildman–Crippen MR) is 75.0 cm³/mol. The molecule has 0 spiro atoms. The second-order valence-electron chi connectivity index (χ2n) is 4.78. The number of benzene rings is 1. The van der Waals surface area contributed by atoms with Crippen LogP contribution >= 0.6 is 23.2 Å². The molecule has 1 aliphatic rings. The van der Waals surface area contributed by atoms with E-state index in [0.717, 1.165) is 35.3 Å². The molecule has 0 heterocycles. The van der Waals surface area contributed by atoms with Crippen LogP contribution in [-0.2, 0) is 6.42 Å². The average Bonchev–Trinajstić information content (AvgIpc) is 3.12. The first kappa shape index (κ1) is 13.2. The van der Waals surface area contributed by atoms with Gasteiger partial charge < -0.3 is 5.32 Å². The molecule has 1 atom stereocenters. The fraction of sp³-hybridized carbons (Fsp3) is 0.571. The molecule has 1 N–H and O–H groups in total. The third-order valence-electron chi connectivity index (χ3n) is 3.39. The van der Waals surface area contributed by atoms with Crippen molar-refractivity contribution in [1.29, 1.82) is 0 Å². The van der Waals surface area contributed by atoms with E-state index in [2.05, 4.69) is 12.2 Å². The van der Waals surface area contributed by atoms with E-state index in [1.807, 2.05) is 18.2 Å². The number of hydrogen-bond donors (Lipinski definition) is 1. The number of rotatable bonds is 6. The standard InChI is InChI=1S/C14H19Cl2N/c1-2-17-14(10-3-4-10)8-5-11-9-12(15)6-7-13(11)16/h6-7,9-10,14,17H,2-5,8H2,1H3. The van der Waals surface area contributed by atoms with Gasteiger partial charge in [0, 0.05) is 16.1 Å². The maximum Gasteiger partial charge on any atom is 0.0439 e. The van der Waals surface area contributed by atoms with Crippen LogP contribution in [0.5, 0.6) is 0 Å². The minimum atomic E-state index is 0.648. The third-order valence-corrected chi connectivity index (χ3v) is 3.99. The summed E-state index contributed by atoms with van der Waals surface area (Å²) in [5.41, 5.74) is 1.17. The first-order chi connectivity index (χ1) is 8.20. The monoisotopic (exact) mass is 271 g/mol. The summed E-state index contributed by atoms with van der Waals surface area (Å²) in [4.78, 5) is 0. The van der Waals surface area contributed by atoms with Crippen molar-refractivity contribution in [2.24, 2.45) is 5.92 Å². The topological polar surface area (TPSA) is 12.0 Å². The highest BCUT2D eigenvalue weighted by molar-refractivity contribution is 6.33. The first-order valence-corrected chi connectivity index (χ1v) is 7.13. The van der Waals surface area contributed by atoms with Crippen LogP contribution in [-0.4, -0.2) is 12.6 Å². The molecule has 1 aromatic rings. The zero-order chi connectivity index (χ0) is 12.3. The van der Waals surface area contributed by atoms with E-state index in [0.29, 0.717) is 6.04 Å². The molecule has 3 heteroatoms. The highest BCUT2D eigenvalue weighted by atomic mass is 35.5. The van der Waals surface area contributed by atoms with Crippen molar-refractivity contribution in [2.75, 3.05) is 6.54 Å². The van der Waals surface area contributed by atoms with Crippen molar-refractivity contribution >= 4 is 23.2 Å². The van der Waals surface area contributed by atoms with Gasteiger partial charge in [0.2, 0.25) is 0 Å². The van der Waals surface area contributed by atoms with E-state index >= 15 is 0 Å². The van der Waals surface area contributed by atoms with Gasteiger partial charge in [-0.2, -0.15) is 0 Å². The molecule has 0 aliphatic heterocycles. The van der Waals surface area contributed by atoms with E-state index in [1.165, 1.54) is 18.4 Å². The first-order valence-electron chi connectivity index (χ1n) is 6.38. The summed E-state index contributed by atoms with van der Waals surface area (Å²) >= 11 is 12.2. The lowest BCUT2D eigenvalue weighted by Gasteiger charge is -2.17. The Morgan fingerprint density at radius 3 is 2.76 bits per heavy atom. The summed E-state index contributed by atoms with van der Waals surface area (Å²) in [6, 6.07) is 6.36. The molecule has 0 amide bonds. The lowest BCUT2D eigenvalue weighted by molar-refractivity contribution is 0.446. The second kappa shape index (κ2) is 6.08. The maximum atomic E-state index is 6.17. The molecule has 94 valence electrons. The Labute approximate surface area is 114 Å². The smallest absolute Gasteiger partial charge is 0.0439 e. The fourth-order valence-corrected chi connectivity index (χ4v) is 2.72. The van der Waals surface area contributed by atoms with Crippen molar-refractivity contribution in [1.82, 2.24) is 5.32 Å². The Kier molecular flexibility index (Phi) is 4.72. The van der Waals surface area contributed by atoms with Gasteiger partial charge in [-0.25, -0.2) is 0 Å². The quantitative estimate of drug-likeness (QED) is 0.813. The summed E-state index contributed by atoms with van der Waals surface area (Å²) in [6.07, 6.45) is 4.91. The SMILES string of the molecule is CCNC(CCc1cc(Cl)ccc1Cl)C1CC1. The van der Waals surface area contributed by atoms with Gasteiger partial charge in [0.25, 0.3) is 0 Å². The van der Waals surface area contributed by atoms with Crippen LogP contribution in [0, 0.1) is 5.92 Å². The molecule has 0 radical (unpaired) electrons. The number of hydrogen-bond acceptors (Lipinski definition) is 1. The molecule has 1 aromatic carbocycles. The lowest BCUT2D eigenvalue weighted by Crippen LogP contribution is -2.31. The molecule has 1 saturated carbocycles. The molecule has 2 rings (SSSR count). The van der Waals surface area contributed by atoms with Crippen LogP contribution in [0.4, 0.5) is 0 Å². The van der Waals surface area contributed by atoms with Gasteiger partial charge in [0.1, 0.15) is 0 Å². The lowest BCUT2D eigenvalue weighted by atomic mass is 10.0. The van der Waals surface area contributed by atoms with Crippen LogP contribution < -0.4 is 5.32 Å². The number of halogens is 2. The zero-order valence-electron chi connectivity index (χ0n) is 10.2. The molecule has 0 bridgehead atoms. The van der Waals surface area contributed by atoms with Gasteiger partial charge in [-0.05, 0) is 61.9 Å². The molecule has 17 heavy (non-hydrogen) atoms. The van der Waals surface area contributed by atoms with E-state index in [1.54, 1.807) is 0 Å². The minimum Gasteiger partial charge on any atom is -0.314 e. The molecule has 0 aromatic heterocycles. The Bertz CT molecular complexity index is 374. The molecule has 1 aliphatic carbocycles. The van der Waals surface area contributed by atoms with Gasteiger partial charge in [-0.3, -0.25) is 0 Å².